The van der Waals surface area contributed by atoms with Crippen LogP contribution in [0.1, 0.15) is 30.6 Å². The van der Waals surface area contributed by atoms with Crippen molar-refractivity contribution in [1.82, 2.24) is 5.32 Å². The molecule has 0 aliphatic heterocycles. The van der Waals surface area contributed by atoms with Crippen molar-refractivity contribution >= 4 is 39.1 Å². The molecule has 0 saturated carbocycles. The molecule has 18 heavy (non-hydrogen) atoms. The number of hydrogen-bond donors (Lipinski definition) is 2. The fourth-order valence-electron chi connectivity index (χ4n) is 1.46. The minimum absolute atomic E-state index is 0.00369. The summed E-state index contributed by atoms with van der Waals surface area (Å²) in [6.07, 6.45) is 2.55. The van der Waals surface area contributed by atoms with Crippen LogP contribution in [0.2, 0.25) is 0 Å². The molecule has 0 saturated heterocycles. The van der Waals surface area contributed by atoms with E-state index in [1.165, 1.54) is 4.88 Å². The molecule has 0 aliphatic carbocycles. The number of amides is 1. The second kappa shape index (κ2) is 8.26. The Morgan fingerprint density at radius 3 is 2.61 bits per heavy atom. The first-order valence-corrected chi connectivity index (χ1v) is 7.41. The summed E-state index contributed by atoms with van der Waals surface area (Å²) in [4.78, 5) is 22.9. The third-order valence-electron chi connectivity index (χ3n) is 2.37. The van der Waals surface area contributed by atoms with Gasteiger partial charge in [-0.25, -0.2) is 0 Å². The molecule has 0 spiro atoms. The highest BCUT2D eigenvalue weighted by molar-refractivity contribution is 9.11. The van der Waals surface area contributed by atoms with Gasteiger partial charge in [0.2, 0.25) is 5.91 Å². The smallest absolute Gasteiger partial charge is 0.303 e. The molecule has 0 aliphatic rings. The molecule has 0 radical (unpaired) electrons. The molecule has 1 amide bonds. The molecule has 0 aromatic carbocycles. The van der Waals surface area contributed by atoms with E-state index in [9.17, 15) is 9.59 Å². The Kier molecular flexibility index (Phi) is 6.97. The maximum atomic E-state index is 11.4. The highest BCUT2D eigenvalue weighted by Crippen LogP contribution is 2.21. The van der Waals surface area contributed by atoms with E-state index in [2.05, 4.69) is 21.2 Å². The SMILES string of the molecule is O=C(O)CCCCC(=O)NCCc1ccc(Br)s1. The maximum absolute atomic E-state index is 11.4. The average Bonchev–Trinajstić information content (AvgIpc) is 2.70. The van der Waals surface area contributed by atoms with Crippen LogP contribution in [0, 0.1) is 0 Å². The van der Waals surface area contributed by atoms with Gasteiger partial charge < -0.3 is 10.4 Å². The van der Waals surface area contributed by atoms with Gasteiger partial charge in [0, 0.05) is 24.3 Å². The largest absolute Gasteiger partial charge is 0.481 e. The monoisotopic (exact) mass is 333 g/mol. The summed E-state index contributed by atoms with van der Waals surface area (Å²) < 4.78 is 1.09. The molecular formula is C12H16BrNO3S. The van der Waals surface area contributed by atoms with Gasteiger partial charge in [-0.05, 0) is 47.3 Å². The minimum atomic E-state index is -0.807. The van der Waals surface area contributed by atoms with Crippen molar-refractivity contribution in [2.75, 3.05) is 6.54 Å². The Morgan fingerprint density at radius 2 is 2.00 bits per heavy atom. The van der Waals surface area contributed by atoms with Gasteiger partial charge in [-0.2, -0.15) is 0 Å². The Hall–Kier alpha value is -0.880. The van der Waals surface area contributed by atoms with Crippen molar-refractivity contribution in [2.45, 2.75) is 32.1 Å². The second-order valence-electron chi connectivity index (χ2n) is 3.91. The Bertz CT molecular complexity index is 406. The lowest BCUT2D eigenvalue weighted by Crippen LogP contribution is -2.25. The van der Waals surface area contributed by atoms with Crippen LogP contribution < -0.4 is 5.32 Å². The minimum Gasteiger partial charge on any atom is -0.481 e. The summed E-state index contributed by atoms with van der Waals surface area (Å²) in [5, 5.41) is 11.3. The second-order valence-corrected chi connectivity index (χ2v) is 6.45. The van der Waals surface area contributed by atoms with Crippen LogP contribution in [0.4, 0.5) is 0 Å². The molecule has 0 atom stereocenters. The zero-order chi connectivity index (χ0) is 13.4. The lowest BCUT2D eigenvalue weighted by molar-refractivity contribution is -0.137. The number of thiophene rings is 1. The number of aliphatic carboxylic acids is 1. The first-order chi connectivity index (χ1) is 8.58. The molecule has 1 aromatic rings. The number of carboxylic acid groups (broad SMARTS) is 1. The van der Waals surface area contributed by atoms with Crippen LogP contribution in [0.25, 0.3) is 0 Å². The number of carboxylic acids is 1. The van der Waals surface area contributed by atoms with Gasteiger partial charge >= 0.3 is 5.97 Å². The topological polar surface area (TPSA) is 66.4 Å². The number of carbonyl (C=O) groups is 2. The van der Waals surface area contributed by atoms with Gasteiger partial charge in [-0.1, -0.05) is 0 Å². The van der Waals surface area contributed by atoms with Gasteiger partial charge in [-0.3, -0.25) is 9.59 Å². The van der Waals surface area contributed by atoms with Crippen molar-refractivity contribution in [3.63, 3.8) is 0 Å². The van der Waals surface area contributed by atoms with Gasteiger partial charge in [-0.15, -0.1) is 11.3 Å². The van der Waals surface area contributed by atoms with E-state index in [1.807, 2.05) is 12.1 Å². The number of halogens is 1. The fourth-order valence-corrected chi connectivity index (χ4v) is 2.94. The van der Waals surface area contributed by atoms with Crippen molar-refractivity contribution in [3.05, 3.63) is 20.8 Å². The fraction of sp³-hybridized carbons (Fsp3) is 0.500. The Morgan fingerprint density at radius 1 is 1.28 bits per heavy atom. The number of nitrogens with one attached hydrogen (secondary N) is 1. The average molecular weight is 334 g/mol. The summed E-state index contributed by atoms with van der Waals surface area (Å²) in [6, 6.07) is 4.03. The number of carbonyl (C=O) groups excluding carboxylic acids is 1. The molecule has 0 bridgehead atoms. The summed E-state index contributed by atoms with van der Waals surface area (Å²) in [5.74, 6) is -0.810. The summed E-state index contributed by atoms with van der Waals surface area (Å²) in [5.41, 5.74) is 0. The number of unbranched alkanes of at least 4 members (excludes halogenated alkanes) is 1. The normalized spacial score (nSPS) is 10.3. The molecule has 1 heterocycles. The molecule has 0 unspecified atom stereocenters. The molecule has 0 fully saturated rings. The third kappa shape index (κ3) is 6.76. The maximum Gasteiger partial charge on any atom is 0.303 e. The molecule has 6 heteroatoms. The van der Waals surface area contributed by atoms with Gasteiger partial charge in [0.15, 0.2) is 0 Å². The van der Waals surface area contributed by atoms with E-state index < -0.39 is 5.97 Å². The lowest BCUT2D eigenvalue weighted by Gasteiger charge is -2.03. The van der Waals surface area contributed by atoms with Crippen LogP contribution in [0.3, 0.4) is 0 Å². The predicted molar refractivity (Wildman–Crippen MR) is 74.8 cm³/mol. The first-order valence-electron chi connectivity index (χ1n) is 5.80. The van der Waals surface area contributed by atoms with Gasteiger partial charge in [0.05, 0.1) is 3.79 Å². The Labute approximate surface area is 119 Å². The molecular weight excluding hydrogens is 318 g/mol. The van der Waals surface area contributed by atoms with Crippen LogP contribution in [0.15, 0.2) is 15.9 Å². The van der Waals surface area contributed by atoms with Crippen LogP contribution in [-0.4, -0.2) is 23.5 Å². The zero-order valence-corrected chi connectivity index (χ0v) is 12.3. The van der Waals surface area contributed by atoms with Gasteiger partial charge in [0.25, 0.3) is 0 Å². The molecule has 2 N–H and O–H groups in total. The van der Waals surface area contributed by atoms with E-state index in [-0.39, 0.29) is 12.3 Å². The highest BCUT2D eigenvalue weighted by Gasteiger charge is 2.03. The van der Waals surface area contributed by atoms with Crippen LogP contribution >= 0.6 is 27.3 Å². The van der Waals surface area contributed by atoms with E-state index in [4.69, 9.17) is 5.11 Å². The number of rotatable bonds is 8. The lowest BCUT2D eigenvalue weighted by atomic mass is 10.2. The molecule has 1 aromatic heterocycles. The van der Waals surface area contributed by atoms with E-state index in [0.29, 0.717) is 25.8 Å². The summed E-state index contributed by atoms with van der Waals surface area (Å²) in [7, 11) is 0. The first kappa shape index (κ1) is 15.2. The molecule has 4 nitrogen and oxygen atoms in total. The predicted octanol–water partition coefficient (Wildman–Crippen LogP) is 2.81. The third-order valence-corrected chi connectivity index (χ3v) is 4.05. The zero-order valence-electron chi connectivity index (χ0n) is 9.95. The van der Waals surface area contributed by atoms with E-state index in [0.717, 1.165) is 10.2 Å². The van der Waals surface area contributed by atoms with Crippen LogP contribution in [-0.2, 0) is 16.0 Å². The van der Waals surface area contributed by atoms with Crippen molar-refractivity contribution in [3.8, 4) is 0 Å². The van der Waals surface area contributed by atoms with Crippen molar-refractivity contribution < 1.29 is 14.7 Å². The number of hydrogen-bond acceptors (Lipinski definition) is 3. The molecule has 100 valence electrons. The van der Waals surface area contributed by atoms with E-state index >= 15 is 0 Å². The highest BCUT2D eigenvalue weighted by atomic mass is 79.9. The van der Waals surface area contributed by atoms with Gasteiger partial charge in [0.1, 0.15) is 0 Å². The standard InChI is InChI=1S/C12H16BrNO3S/c13-10-6-5-9(18-10)7-8-14-11(15)3-1-2-4-12(16)17/h5-6H,1-4,7-8H2,(H,14,15)(H,16,17). The summed E-state index contributed by atoms with van der Waals surface area (Å²) >= 11 is 5.05. The molecule has 1 rings (SSSR count). The Balaban J connectivity index is 2.05. The van der Waals surface area contributed by atoms with Crippen LogP contribution in [0.5, 0.6) is 0 Å². The van der Waals surface area contributed by atoms with Crippen molar-refractivity contribution in [2.24, 2.45) is 0 Å². The summed E-state index contributed by atoms with van der Waals surface area (Å²) in [6.45, 7) is 0.630. The van der Waals surface area contributed by atoms with Crippen molar-refractivity contribution in [1.29, 1.82) is 0 Å². The van der Waals surface area contributed by atoms with E-state index in [1.54, 1.807) is 11.3 Å². The quantitative estimate of drug-likeness (QED) is 0.719.